The smallest absolute Gasteiger partial charge is 0.228 e. The summed E-state index contributed by atoms with van der Waals surface area (Å²) in [5.41, 5.74) is 1.91. The Kier molecular flexibility index (Phi) is 5.51. The number of allylic oxidation sites excluding steroid dienone is 1. The van der Waals surface area contributed by atoms with Crippen LogP contribution in [0.15, 0.2) is 42.2 Å². The topological polar surface area (TPSA) is 52.6 Å². The SMILES string of the molecule is C#CC(C)(C)N1C=CC(NC(=O)Cc2ccc(C(C)(C)C)c(O)c2)=CC1. The molecule has 0 bridgehead atoms. The fourth-order valence-corrected chi connectivity index (χ4v) is 2.80. The zero-order chi connectivity index (χ0) is 19.5. The van der Waals surface area contributed by atoms with E-state index in [-0.39, 0.29) is 29.0 Å². The minimum atomic E-state index is -0.366. The van der Waals surface area contributed by atoms with Crippen molar-refractivity contribution >= 4 is 5.91 Å². The second kappa shape index (κ2) is 7.29. The molecule has 0 saturated carbocycles. The largest absolute Gasteiger partial charge is 0.508 e. The van der Waals surface area contributed by atoms with Crippen LogP contribution in [-0.4, -0.2) is 28.0 Å². The molecule has 2 N–H and O–H groups in total. The summed E-state index contributed by atoms with van der Waals surface area (Å²) in [6.07, 6.45) is 11.5. The van der Waals surface area contributed by atoms with Crippen LogP contribution in [0.4, 0.5) is 0 Å². The van der Waals surface area contributed by atoms with Crippen LogP contribution in [0.3, 0.4) is 0 Å². The van der Waals surface area contributed by atoms with E-state index in [9.17, 15) is 9.90 Å². The lowest BCUT2D eigenvalue weighted by atomic mass is 9.85. The second-order valence-corrected chi connectivity index (χ2v) is 8.16. The number of hydrogen-bond acceptors (Lipinski definition) is 3. The maximum Gasteiger partial charge on any atom is 0.228 e. The van der Waals surface area contributed by atoms with Gasteiger partial charge in [0.05, 0.1) is 12.0 Å². The van der Waals surface area contributed by atoms with Gasteiger partial charge in [0.2, 0.25) is 5.91 Å². The molecular formula is C22H28N2O2. The van der Waals surface area contributed by atoms with E-state index >= 15 is 0 Å². The Morgan fingerprint density at radius 2 is 2.00 bits per heavy atom. The van der Waals surface area contributed by atoms with Crippen LogP contribution in [0.25, 0.3) is 0 Å². The molecule has 1 aromatic rings. The predicted molar refractivity (Wildman–Crippen MR) is 105 cm³/mol. The van der Waals surface area contributed by atoms with Crippen LogP contribution in [0.2, 0.25) is 0 Å². The number of terminal acetylenes is 1. The Morgan fingerprint density at radius 3 is 2.50 bits per heavy atom. The third-order valence-electron chi connectivity index (χ3n) is 4.53. The molecule has 4 nitrogen and oxygen atoms in total. The van der Waals surface area contributed by atoms with Crippen LogP contribution in [0, 0.1) is 12.3 Å². The molecule has 1 aliphatic rings. The van der Waals surface area contributed by atoms with Crippen molar-refractivity contribution in [3.63, 3.8) is 0 Å². The monoisotopic (exact) mass is 352 g/mol. The molecule has 0 radical (unpaired) electrons. The Labute approximate surface area is 156 Å². The zero-order valence-corrected chi connectivity index (χ0v) is 16.3. The van der Waals surface area contributed by atoms with Crippen molar-refractivity contribution in [1.29, 1.82) is 0 Å². The maximum atomic E-state index is 12.3. The molecule has 1 aliphatic heterocycles. The Balaban J connectivity index is 1.97. The minimum Gasteiger partial charge on any atom is -0.508 e. The number of nitrogens with one attached hydrogen (secondary N) is 1. The van der Waals surface area contributed by atoms with Gasteiger partial charge in [-0.15, -0.1) is 6.42 Å². The number of hydrogen-bond donors (Lipinski definition) is 2. The third kappa shape index (κ3) is 4.70. The number of nitrogens with zero attached hydrogens (tertiary/aromatic N) is 1. The molecule has 4 heteroatoms. The molecule has 0 saturated heterocycles. The van der Waals surface area contributed by atoms with Crippen molar-refractivity contribution in [2.24, 2.45) is 0 Å². The van der Waals surface area contributed by atoms with E-state index in [4.69, 9.17) is 6.42 Å². The summed E-state index contributed by atoms with van der Waals surface area (Å²) in [6, 6.07) is 5.45. The molecule has 138 valence electrons. The third-order valence-corrected chi connectivity index (χ3v) is 4.53. The number of phenols is 1. The summed E-state index contributed by atoms with van der Waals surface area (Å²) in [7, 11) is 0. The standard InChI is InChI=1S/C22H28N2O2/c1-7-22(5,6)24-12-10-17(11-13-24)23-20(26)15-16-8-9-18(19(25)14-16)21(2,3)4/h1,8-12,14,25H,13,15H2,2-6H3,(H,23,26). The number of amides is 1. The lowest BCUT2D eigenvalue weighted by Gasteiger charge is -2.34. The van der Waals surface area contributed by atoms with Gasteiger partial charge in [-0.2, -0.15) is 0 Å². The highest BCUT2D eigenvalue weighted by atomic mass is 16.3. The summed E-state index contributed by atoms with van der Waals surface area (Å²) in [5.74, 6) is 2.87. The average molecular weight is 352 g/mol. The van der Waals surface area contributed by atoms with Crippen molar-refractivity contribution in [2.75, 3.05) is 6.54 Å². The van der Waals surface area contributed by atoms with Crippen molar-refractivity contribution in [3.8, 4) is 18.1 Å². The number of aromatic hydroxyl groups is 1. The first kappa shape index (κ1) is 19.7. The van der Waals surface area contributed by atoms with Crippen LogP contribution in [0.1, 0.15) is 45.7 Å². The molecule has 1 aromatic carbocycles. The fraction of sp³-hybridized carbons (Fsp3) is 0.409. The molecule has 0 atom stereocenters. The van der Waals surface area contributed by atoms with Gasteiger partial charge in [0.1, 0.15) is 5.75 Å². The number of carbonyl (C=O) groups is 1. The second-order valence-electron chi connectivity index (χ2n) is 8.16. The number of carbonyl (C=O) groups excluding carboxylic acids is 1. The molecular weight excluding hydrogens is 324 g/mol. The number of benzene rings is 1. The number of phenolic OH excluding ortho intramolecular Hbond substituents is 1. The van der Waals surface area contributed by atoms with Crippen LogP contribution in [0.5, 0.6) is 5.75 Å². The molecule has 0 aliphatic carbocycles. The first-order valence-corrected chi connectivity index (χ1v) is 8.78. The van der Waals surface area contributed by atoms with Crippen molar-refractivity contribution in [3.05, 3.63) is 53.4 Å². The number of rotatable bonds is 4. The Bertz CT molecular complexity index is 789. The molecule has 0 unspecified atom stereocenters. The van der Waals surface area contributed by atoms with E-state index in [0.717, 1.165) is 16.8 Å². The van der Waals surface area contributed by atoms with E-state index in [1.54, 1.807) is 6.07 Å². The highest BCUT2D eigenvalue weighted by molar-refractivity contribution is 5.81. The van der Waals surface area contributed by atoms with E-state index in [1.165, 1.54) is 0 Å². The first-order valence-electron chi connectivity index (χ1n) is 8.78. The molecule has 26 heavy (non-hydrogen) atoms. The molecule has 0 fully saturated rings. The van der Waals surface area contributed by atoms with Crippen LogP contribution < -0.4 is 5.32 Å². The van der Waals surface area contributed by atoms with Gasteiger partial charge in [-0.05, 0) is 48.6 Å². The van der Waals surface area contributed by atoms with E-state index in [0.29, 0.717) is 6.54 Å². The van der Waals surface area contributed by atoms with Gasteiger partial charge < -0.3 is 15.3 Å². The van der Waals surface area contributed by atoms with Gasteiger partial charge in [-0.25, -0.2) is 0 Å². The normalized spacial score (nSPS) is 14.6. The quantitative estimate of drug-likeness (QED) is 0.816. The molecule has 1 amide bonds. The molecule has 0 aromatic heterocycles. The van der Waals surface area contributed by atoms with Gasteiger partial charge in [0, 0.05) is 18.4 Å². The van der Waals surface area contributed by atoms with Gasteiger partial charge in [-0.3, -0.25) is 4.79 Å². The summed E-state index contributed by atoms with van der Waals surface area (Å²) < 4.78 is 0. The Hall–Kier alpha value is -2.67. The average Bonchev–Trinajstić information content (AvgIpc) is 2.54. The fourth-order valence-electron chi connectivity index (χ4n) is 2.80. The molecule has 2 rings (SSSR count). The predicted octanol–water partition coefficient (Wildman–Crippen LogP) is 3.47. The van der Waals surface area contributed by atoms with Crippen LogP contribution >= 0.6 is 0 Å². The molecule has 0 spiro atoms. The molecule has 1 heterocycles. The maximum absolute atomic E-state index is 12.3. The van der Waals surface area contributed by atoms with Gasteiger partial charge in [-0.1, -0.05) is 38.8 Å². The van der Waals surface area contributed by atoms with Gasteiger partial charge in [0.15, 0.2) is 0 Å². The first-order chi connectivity index (χ1) is 12.0. The lowest BCUT2D eigenvalue weighted by molar-refractivity contribution is -0.119. The summed E-state index contributed by atoms with van der Waals surface area (Å²) in [6.45, 7) is 10.7. The minimum absolute atomic E-state index is 0.117. The summed E-state index contributed by atoms with van der Waals surface area (Å²) in [4.78, 5) is 14.3. The van der Waals surface area contributed by atoms with Crippen molar-refractivity contribution in [2.45, 2.75) is 52.0 Å². The van der Waals surface area contributed by atoms with E-state index in [1.807, 2.05) is 70.0 Å². The van der Waals surface area contributed by atoms with Crippen molar-refractivity contribution in [1.82, 2.24) is 10.2 Å². The Morgan fingerprint density at radius 1 is 1.31 bits per heavy atom. The summed E-state index contributed by atoms with van der Waals surface area (Å²) >= 11 is 0. The van der Waals surface area contributed by atoms with Crippen molar-refractivity contribution < 1.29 is 9.90 Å². The van der Waals surface area contributed by atoms with E-state index < -0.39 is 0 Å². The van der Waals surface area contributed by atoms with Crippen LogP contribution in [-0.2, 0) is 16.6 Å². The zero-order valence-electron chi connectivity index (χ0n) is 16.3. The highest BCUT2D eigenvalue weighted by Gasteiger charge is 2.22. The lowest BCUT2D eigenvalue weighted by Crippen LogP contribution is -2.40. The van der Waals surface area contributed by atoms with E-state index in [2.05, 4.69) is 11.2 Å². The highest BCUT2D eigenvalue weighted by Crippen LogP contribution is 2.31. The summed E-state index contributed by atoms with van der Waals surface area (Å²) in [5, 5.41) is 13.1. The van der Waals surface area contributed by atoms with Gasteiger partial charge >= 0.3 is 0 Å². The van der Waals surface area contributed by atoms with Gasteiger partial charge in [0.25, 0.3) is 0 Å².